The average molecular weight is 673 g/mol. The molecule has 0 radical (unpaired) electrons. The first kappa shape index (κ1) is 32.7. The molecule has 0 spiro atoms. The number of halogens is 1. The number of aldehydes is 1. The van der Waals surface area contributed by atoms with Gasteiger partial charge in [-0.15, -0.1) is 0 Å². The van der Waals surface area contributed by atoms with Crippen molar-refractivity contribution in [3.63, 3.8) is 0 Å². The van der Waals surface area contributed by atoms with Gasteiger partial charge in [-0.3, -0.25) is 0 Å². The smallest absolute Gasteiger partial charge is 0.138 e. The van der Waals surface area contributed by atoms with Gasteiger partial charge < -0.3 is 28.1 Å². The Hall–Kier alpha value is -2.25. The molecule has 2 heterocycles. The standard InChI is InChI=1S/C32H46BrN3O4Si2/c1-23-18-28(38-3)29(25-12-13-35(30(23)25)21-39-14-16-41(4,5)6)32(2,20-37)31-34-26-19-24(33)10-11-27(26)36(31)22-40-15-17-42(7,8)9/h10-13,18-20H,14-17,21-22H2,1-9H3. The van der Waals surface area contributed by atoms with E-state index in [9.17, 15) is 4.79 Å². The summed E-state index contributed by atoms with van der Waals surface area (Å²) < 4.78 is 23.4. The van der Waals surface area contributed by atoms with Crippen LogP contribution >= 0.6 is 15.9 Å². The average Bonchev–Trinajstić information content (AvgIpc) is 3.49. The summed E-state index contributed by atoms with van der Waals surface area (Å²) in [5.74, 6) is 1.28. The minimum Gasteiger partial charge on any atom is -0.496 e. The Morgan fingerprint density at radius 3 is 2.21 bits per heavy atom. The lowest BCUT2D eigenvalue weighted by atomic mass is 9.79. The van der Waals surface area contributed by atoms with Crippen LogP contribution in [0, 0.1) is 6.92 Å². The quantitative estimate of drug-likeness (QED) is 0.0768. The first-order valence-electron chi connectivity index (χ1n) is 14.6. The first-order chi connectivity index (χ1) is 19.7. The minimum absolute atomic E-state index is 0.310. The van der Waals surface area contributed by atoms with E-state index in [-0.39, 0.29) is 0 Å². The number of ether oxygens (including phenoxy) is 3. The Bertz CT molecular complexity index is 1570. The van der Waals surface area contributed by atoms with Crippen LogP contribution in [0.5, 0.6) is 5.75 Å². The summed E-state index contributed by atoms with van der Waals surface area (Å²) in [7, 11) is -0.787. The third-order valence-corrected chi connectivity index (χ3v) is 11.7. The predicted molar refractivity (Wildman–Crippen MR) is 181 cm³/mol. The SMILES string of the molecule is COc1cc(C)c2c(ccn2COCC[Si](C)(C)C)c1C(C)(C=O)c1nc2cc(Br)ccc2n1COCC[Si](C)(C)C. The summed E-state index contributed by atoms with van der Waals surface area (Å²) in [6.07, 6.45) is 3.04. The molecule has 7 nitrogen and oxygen atoms in total. The van der Waals surface area contributed by atoms with Gasteiger partial charge in [0.2, 0.25) is 0 Å². The monoisotopic (exact) mass is 671 g/mol. The van der Waals surface area contributed by atoms with Gasteiger partial charge in [-0.1, -0.05) is 55.2 Å². The minimum atomic E-state index is -1.26. The van der Waals surface area contributed by atoms with Crippen LogP contribution in [0.1, 0.15) is 23.9 Å². The summed E-state index contributed by atoms with van der Waals surface area (Å²) in [4.78, 5) is 18.4. The molecule has 0 aliphatic rings. The molecule has 42 heavy (non-hydrogen) atoms. The Morgan fingerprint density at radius 1 is 0.976 bits per heavy atom. The van der Waals surface area contributed by atoms with Gasteiger partial charge in [0.25, 0.3) is 0 Å². The second kappa shape index (κ2) is 12.8. The lowest BCUT2D eigenvalue weighted by Crippen LogP contribution is -2.31. The highest BCUT2D eigenvalue weighted by atomic mass is 79.9. The molecule has 0 saturated carbocycles. The van der Waals surface area contributed by atoms with Crippen molar-refractivity contribution >= 4 is 60.3 Å². The molecule has 0 bridgehead atoms. The van der Waals surface area contributed by atoms with E-state index >= 15 is 0 Å². The number of imidazole rings is 1. The molecule has 1 unspecified atom stereocenters. The topological polar surface area (TPSA) is 67.5 Å². The molecule has 0 fully saturated rings. The van der Waals surface area contributed by atoms with Gasteiger partial charge in [0, 0.05) is 51.0 Å². The van der Waals surface area contributed by atoms with Crippen LogP contribution < -0.4 is 4.74 Å². The van der Waals surface area contributed by atoms with Crippen LogP contribution in [0.3, 0.4) is 0 Å². The number of methoxy groups -OCH3 is 1. The number of hydrogen-bond acceptors (Lipinski definition) is 5. The second-order valence-corrected chi connectivity index (χ2v) is 26.0. The maximum atomic E-state index is 13.3. The van der Waals surface area contributed by atoms with Crippen molar-refractivity contribution in [2.24, 2.45) is 0 Å². The van der Waals surface area contributed by atoms with Crippen LogP contribution in [0.4, 0.5) is 0 Å². The molecule has 0 aliphatic heterocycles. The Morgan fingerprint density at radius 2 is 1.62 bits per heavy atom. The zero-order chi connectivity index (χ0) is 30.9. The van der Waals surface area contributed by atoms with Gasteiger partial charge in [0.1, 0.15) is 36.7 Å². The van der Waals surface area contributed by atoms with E-state index in [1.807, 2.05) is 42.0 Å². The molecule has 4 rings (SSSR count). The highest BCUT2D eigenvalue weighted by molar-refractivity contribution is 9.10. The maximum Gasteiger partial charge on any atom is 0.138 e. The van der Waals surface area contributed by atoms with Crippen molar-refractivity contribution in [2.75, 3.05) is 20.3 Å². The lowest BCUT2D eigenvalue weighted by Gasteiger charge is -2.28. The Labute approximate surface area is 260 Å². The molecule has 0 aliphatic carbocycles. The molecule has 10 heteroatoms. The van der Waals surface area contributed by atoms with Crippen LogP contribution in [0.2, 0.25) is 51.4 Å². The summed E-state index contributed by atoms with van der Waals surface area (Å²) >= 11 is 3.59. The van der Waals surface area contributed by atoms with Gasteiger partial charge in [0.15, 0.2) is 0 Å². The van der Waals surface area contributed by atoms with Crippen LogP contribution in [0.15, 0.2) is 41.0 Å². The summed E-state index contributed by atoms with van der Waals surface area (Å²) in [5.41, 5.74) is 3.49. The van der Waals surface area contributed by atoms with Crippen molar-refractivity contribution in [3.05, 3.63) is 58.0 Å². The van der Waals surface area contributed by atoms with E-state index in [2.05, 4.69) is 72.8 Å². The van der Waals surface area contributed by atoms with Crippen LogP contribution in [0.25, 0.3) is 21.9 Å². The maximum absolute atomic E-state index is 13.3. The van der Waals surface area contributed by atoms with Crippen molar-refractivity contribution in [1.29, 1.82) is 0 Å². The highest BCUT2D eigenvalue weighted by Gasteiger charge is 2.39. The normalized spacial score (nSPS) is 14.0. The molecule has 4 aromatic rings. The van der Waals surface area contributed by atoms with Gasteiger partial charge >= 0.3 is 0 Å². The Balaban J connectivity index is 1.83. The molecule has 0 amide bonds. The number of carbonyl (C=O) groups excluding carboxylic acids is 1. The number of carbonyl (C=O) groups is 1. The lowest BCUT2D eigenvalue weighted by molar-refractivity contribution is -0.111. The molecular weight excluding hydrogens is 626 g/mol. The summed E-state index contributed by atoms with van der Waals surface area (Å²) in [6.45, 7) is 20.3. The summed E-state index contributed by atoms with van der Waals surface area (Å²) in [6, 6.07) is 12.3. The number of rotatable bonds is 14. The number of benzene rings is 2. The molecule has 0 N–H and O–H groups in total. The van der Waals surface area contributed by atoms with E-state index < -0.39 is 21.6 Å². The van der Waals surface area contributed by atoms with Gasteiger partial charge in [0.05, 0.1) is 23.7 Å². The van der Waals surface area contributed by atoms with Gasteiger partial charge in [-0.05, 0) is 61.8 Å². The number of aryl methyl sites for hydroxylation is 1. The van der Waals surface area contributed by atoms with E-state index in [1.54, 1.807) is 7.11 Å². The largest absolute Gasteiger partial charge is 0.496 e. The predicted octanol–water partition coefficient (Wildman–Crippen LogP) is 8.20. The highest BCUT2D eigenvalue weighted by Crippen LogP contribution is 2.43. The third kappa shape index (κ3) is 7.10. The first-order valence-corrected chi connectivity index (χ1v) is 22.8. The fraction of sp³-hybridized carbons (Fsp3) is 0.500. The Kier molecular flexibility index (Phi) is 9.94. The van der Waals surface area contributed by atoms with Crippen molar-refractivity contribution < 1.29 is 19.0 Å². The number of nitrogens with zero attached hydrogens (tertiary/aromatic N) is 3. The molecule has 1 atom stereocenters. The molecule has 2 aromatic carbocycles. The van der Waals surface area contributed by atoms with E-state index in [4.69, 9.17) is 19.2 Å². The van der Waals surface area contributed by atoms with Gasteiger partial charge in [-0.25, -0.2) is 4.98 Å². The number of aromatic nitrogens is 3. The van der Waals surface area contributed by atoms with E-state index in [0.29, 0.717) is 31.6 Å². The van der Waals surface area contributed by atoms with Crippen LogP contribution in [-0.2, 0) is 33.1 Å². The van der Waals surface area contributed by atoms with Crippen molar-refractivity contribution in [1.82, 2.24) is 14.1 Å². The second-order valence-electron chi connectivity index (χ2n) is 13.8. The fourth-order valence-electron chi connectivity index (χ4n) is 5.32. The molecule has 0 saturated heterocycles. The van der Waals surface area contributed by atoms with Crippen LogP contribution in [-0.4, -0.2) is 56.9 Å². The van der Waals surface area contributed by atoms with E-state index in [0.717, 1.165) is 62.5 Å². The molecule has 2 aromatic heterocycles. The zero-order valence-electron chi connectivity index (χ0n) is 26.6. The molecular formula is C32H46BrN3O4Si2. The fourth-order valence-corrected chi connectivity index (χ4v) is 7.18. The number of hydrogen-bond donors (Lipinski definition) is 0. The number of fused-ring (bicyclic) bond motifs is 2. The molecule has 228 valence electrons. The van der Waals surface area contributed by atoms with E-state index in [1.165, 1.54) is 0 Å². The van der Waals surface area contributed by atoms with Gasteiger partial charge in [-0.2, -0.15) is 0 Å². The van der Waals surface area contributed by atoms with Crippen molar-refractivity contribution in [2.45, 2.75) is 84.1 Å². The van der Waals surface area contributed by atoms with Crippen molar-refractivity contribution in [3.8, 4) is 5.75 Å². The third-order valence-electron chi connectivity index (χ3n) is 7.79. The zero-order valence-corrected chi connectivity index (χ0v) is 30.2. The summed E-state index contributed by atoms with van der Waals surface area (Å²) in [5, 5.41) is 0.953.